The quantitative estimate of drug-likeness (QED) is 0.435. The van der Waals surface area contributed by atoms with E-state index in [1.54, 1.807) is 60.7 Å². The zero-order chi connectivity index (χ0) is 15.3. The smallest absolute Gasteiger partial charge is 1.00 e. The number of hydrogen-bond donors (Lipinski definition) is 2. The molecule has 0 saturated carbocycles. The first-order valence-corrected chi connectivity index (χ1v) is 7.64. The zero-order valence-electron chi connectivity index (χ0n) is 13.2. The molecule has 6 nitrogen and oxygen atoms in total. The Morgan fingerprint density at radius 2 is 1.27 bits per heavy atom. The molecule has 0 unspecified atom stereocenters. The molecule has 0 fully saturated rings. The average molecular weight is 350 g/mol. The fourth-order valence-electron chi connectivity index (χ4n) is 1.68. The minimum absolute atomic E-state index is 0. The Morgan fingerprint density at radius 3 is 1.59 bits per heavy atom. The Hall–Kier alpha value is -0.214. The molecule has 22 heavy (non-hydrogen) atoms. The maximum absolute atomic E-state index is 11.1. The molecular formula is C14H16KO6P. The van der Waals surface area contributed by atoms with Gasteiger partial charge < -0.3 is 20.7 Å². The molecule has 2 aromatic rings. The van der Waals surface area contributed by atoms with Crippen molar-refractivity contribution in [1.29, 1.82) is 0 Å². The van der Waals surface area contributed by atoms with Crippen molar-refractivity contribution < 1.29 is 81.2 Å². The minimum atomic E-state index is -4.81. The normalized spacial score (nSPS) is 11.4. The molecule has 0 amide bonds. The van der Waals surface area contributed by atoms with Gasteiger partial charge in [0, 0.05) is 6.92 Å². The molecule has 0 aromatic heterocycles. The van der Waals surface area contributed by atoms with Crippen LogP contribution in [0.5, 0.6) is 11.5 Å². The van der Waals surface area contributed by atoms with E-state index in [0.717, 1.165) is 0 Å². The number of hydrogen-bond acceptors (Lipinski definition) is 4. The SMILES string of the molecule is CC(Oc1ccccc1)(Oc1ccccc1)OP(=O)(O)O.[H-].[K+]. The van der Waals surface area contributed by atoms with Crippen molar-refractivity contribution in [2.45, 2.75) is 12.9 Å². The summed E-state index contributed by atoms with van der Waals surface area (Å²) in [4.78, 5) is 18.1. The molecule has 0 atom stereocenters. The third-order valence-corrected chi connectivity index (χ3v) is 2.95. The molecule has 2 rings (SSSR count). The van der Waals surface area contributed by atoms with Gasteiger partial charge in [-0.25, -0.2) is 9.09 Å². The Kier molecular flexibility index (Phi) is 7.74. The minimum Gasteiger partial charge on any atom is -1.00 e. The van der Waals surface area contributed by atoms with Crippen LogP contribution in [0.1, 0.15) is 8.35 Å². The Labute approximate surface area is 172 Å². The summed E-state index contributed by atoms with van der Waals surface area (Å²) in [5.74, 6) is -1.27. The standard InChI is InChI=1S/C14H15O6P.K.H/c1-14(20-21(15,16)17,18-12-8-4-2-5-9-12)19-13-10-6-3-7-11-13;;/h2-11H,1H3,(H2,15,16,17);;/q;+1;-1. The van der Waals surface area contributed by atoms with Gasteiger partial charge in [0.05, 0.1) is 0 Å². The summed E-state index contributed by atoms with van der Waals surface area (Å²) in [5.41, 5.74) is 0. The molecule has 0 radical (unpaired) electrons. The van der Waals surface area contributed by atoms with Crippen molar-refractivity contribution in [3.63, 3.8) is 0 Å². The van der Waals surface area contributed by atoms with E-state index in [1.165, 1.54) is 6.92 Å². The van der Waals surface area contributed by atoms with Crippen LogP contribution in [0.2, 0.25) is 0 Å². The average Bonchev–Trinajstić information content (AvgIpc) is 2.38. The van der Waals surface area contributed by atoms with Gasteiger partial charge in [0.15, 0.2) is 0 Å². The fraction of sp³-hybridized carbons (Fsp3) is 0.143. The Balaban J connectivity index is 0.00000242. The van der Waals surface area contributed by atoms with Gasteiger partial charge in [-0.05, 0) is 24.3 Å². The number of rotatable bonds is 6. The molecule has 0 heterocycles. The maximum atomic E-state index is 11.1. The molecule has 8 heteroatoms. The summed E-state index contributed by atoms with van der Waals surface area (Å²) in [5, 5.41) is 0. The van der Waals surface area contributed by atoms with E-state index < -0.39 is 13.8 Å². The van der Waals surface area contributed by atoms with Gasteiger partial charge in [0.2, 0.25) is 0 Å². The fourth-order valence-corrected chi connectivity index (χ4v) is 2.19. The van der Waals surface area contributed by atoms with Gasteiger partial charge in [-0.15, -0.1) is 0 Å². The molecule has 0 aliphatic heterocycles. The van der Waals surface area contributed by atoms with Crippen LogP contribution in [0.15, 0.2) is 60.7 Å². The third kappa shape index (κ3) is 6.91. The summed E-state index contributed by atoms with van der Waals surface area (Å²) in [6.45, 7) is 1.28. The topological polar surface area (TPSA) is 85.2 Å². The van der Waals surface area contributed by atoms with Crippen molar-refractivity contribution in [2.24, 2.45) is 0 Å². The zero-order valence-corrected chi connectivity index (χ0v) is 16.3. The van der Waals surface area contributed by atoms with Crippen LogP contribution in [0.4, 0.5) is 0 Å². The molecule has 0 aliphatic rings. The number of ether oxygens (including phenoxy) is 2. The maximum Gasteiger partial charge on any atom is 1.00 e. The van der Waals surface area contributed by atoms with Gasteiger partial charge in [0.1, 0.15) is 11.5 Å². The molecule has 114 valence electrons. The van der Waals surface area contributed by atoms with E-state index in [2.05, 4.69) is 4.52 Å². The van der Waals surface area contributed by atoms with Crippen LogP contribution >= 0.6 is 7.82 Å². The van der Waals surface area contributed by atoms with E-state index in [4.69, 9.17) is 19.3 Å². The van der Waals surface area contributed by atoms with Gasteiger partial charge in [-0.1, -0.05) is 36.4 Å². The first-order chi connectivity index (χ1) is 9.86. The van der Waals surface area contributed by atoms with Gasteiger partial charge in [-0.2, -0.15) is 0 Å². The van der Waals surface area contributed by atoms with Gasteiger partial charge in [-0.3, -0.25) is 0 Å². The number of phosphoric acid groups is 1. The second-order valence-electron chi connectivity index (χ2n) is 4.27. The first-order valence-electron chi connectivity index (χ1n) is 6.11. The molecule has 2 N–H and O–H groups in total. The van der Waals surface area contributed by atoms with Crippen LogP contribution in [0, 0.1) is 0 Å². The van der Waals surface area contributed by atoms with E-state index in [-0.39, 0.29) is 52.8 Å². The largest absolute Gasteiger partial charge is 1.00 e. The van der Waals surface area contributed by atoms with E-state index in [0.29, 0.717) is 11.5 Å². The van der Waals surface area contributed by atoms with Crippen LogP contribution in [0.25, 0.3) is 0 Å². The molecule has 0 saturated heterocycles. The summed E-state index contributed by atoms with van der Waals surface area (Å²) in [6, 6.07) is 16.9. The molecule has 0 bridgehead atoms. The second kappa shape index (κ2) is 8.59. The third-order valence-electron chi connectivity index (χ3n) is 2.38. The van der Waals surface area contributed by atoms with E-state index in [1.807, 2.05) is 0 Å². The summed E-state index contributed by atoms with van der Waals surface area (Å²) >= 11 is 0. The monoisotopic (exact) mass is 350 g/mol. The Bertz CT molecular complexity index is 580. The van der Waals surface area contributed by atoms with Crippen molar-refractivity contribution in [1.82, 2.24) is 0 Å². The Morgan fingerprint density at radius 1 is 0.909 bits per heavy atom. The summed E-state index contributed by atoms with van der Waals surface area (Å²) in [6.07, 6.45) is 0. The molecule has 0 aliphatic carbocycles. The molecule has 2 aromatic carbocycles. The van der Waals surface area contributed by atoms with Crippen LogP contribution in [-0.4, -0.2) is 15.8 Å². The van der Waals surface area contributed by atoms with Crippen molar-refractivity contribution in [3.05, 3.63) is 60.7 Å². The van der Waals surface area contributed by atoms with Crippen molar-refractivity contribution >= 4 is 7.82 Å². The van der Waals surface area contributed by atoms with Crippen molar-refractivity contribution in [3.8, 4) is 11.5 Å². The first kappa shape index (κ1) is 19.8. The second-order valence-corrected chi connectivity index (χ2v) is 5.44. The number of benzene rings is 2. The number of para-hydroxylation sites is 2. The van der Waals surface area contributed by atoms with E-state index >= 15 is 0 Å². The van der Waals surface area contributed by atoms with Gasteiger partial charge >= 0.3 is 65.2 Å². The summed E-state index contributed by atoms with van der Waals surface area (Å²) < 4.78 is 26.7. The van der Waals surface area contributed by atoms with Crippen molar-refractivity contribution in [2.75, 3.05) is 0 Å². The number of phosphoric ester groups is 1. The van der Waals surface area contributed by atoms with E-state index in [9.17, 15) is 4.57 Å². The summed E-state index contributed by atoms with van der Waals surface area (Å²) in [7, 11) is -4.81. The molecule has 0 spiro atoms. The van der Waals surface area contributed by atoms with Crippen LogP contribution in [0.3, 0.4) is 0 Å². The van der Waals surface area contributed by atoms with Crippen LogP contribution < -0.4 is 60.9 Å². The molecular weight excluding hydrogens is 334 g/mol. The predicted octanol–water partition coefficient (Wildman–Crippen LogP) is 0.0439. The van der Waals surface area contributed by atoms with Crippen LogP contribution in [-0.2, 0) is 9.09 Å². The predicted molar refractivity (Wildman–Crippen MR) is 76.8 cm³/mol. The van der Waals surface area contributed by atoms with Gasteiger partial charge in [0.25, 0.3) is 0 Å².